The number of fused-ring (bicyclic) bond motifs is 1. The molecule has 0 aliphatic rings. The molecule has 0 saturated carbocycles. The Morgan fingerprint density at radius 3 is 2.64 bits per heavy atom. The highest BCUT2D eigenvalue weighted by Gasteiger charge is 2.14. The molecule has 3 rings (SSSR count). The van der Waals surface area contributed by atoms with Crippen LogP contribution < -0.4 is 16.4 Å². The van der Waals surface area contributed by atoms with E-state index in [4.69, 9.17) is 0 Å². The number of aromatic amines is 1. The number of aryl methyl sites for hydroxylation is 1. The second-order valence-corrected chi connectivity index (χ2v) is 6.41. The van der Waals surface area contributed by atoms with E-state index in [0.29, 0.717) is 23.6 Å². The Bertz CT molecular complexity index is 950. The van der Waals surface area contributed by atoms with Crippen LogP contribution in [0.15, 0.2) is 46.6 Å². The second-order valence-electron chi connectivity index (χ2n) is 5.38. The van der Waals surface area contributed by atoms with E-state index < -0.39 is 5.91 Å². The van der Waals surface area contributed by atoms with Crippen molar-refractivity contribution in [3.05, 3.63) is 62.7 Å². The van der Waals surface area contributed by atoms with Crippen molar-refractivity contribution >= 4 is 33.9 Å². The van der Waals surface area contributed by atoms with E-state index in [-0.39, 0.29) is 17.2 Å². The van der Waals surface area contributed by atoms with E-state index in [1.54, 1.807) is 35.6 Å². The standard InChI is InChI=1S/C17H16N4O3S/c22-14(9-3-5-11-6-4-10-25-11)18-21-17(24)15-12-7-1-2-8-13(12)16(23)20-19-15/h1-2,4,6-8,10H,3,5,9H2,(H,18,22)(H,20,23)(H,21,24). The minimum Gasteiger partial charge on any atom is -0.273 e. The number of benzene rings is 1. The summed E-state index contributed by atoms with van der Waals surface area (Å²) in [7, 11) is 0. The number of carbonyl (C=O) groups is 2. The van der Waals surface area contributed by atoms with Crippen LogP contribution in [0.2, 0.25) is 0 Å². The lowest BCUT2D eigenvalue weighted by Crippen LogP contribution is -2.42. The summed E-state index contributed by atoms with van der Waals surface area (Å²) >= 11 is 1.65. The molecule has 0 spiro atoms. The smallest absolute Gasteiger partial charge is 0.273 e. The lowest BCUT2D eigenvalue weighted by atomic mass is 10.1. The van der Waals surface area contributed by atoms with E-state index in [1.165, 1.54) is 4.88 Å². The van der Waals surface area contributed by atoms with Crippen LogP contribution in [0.3, 0.4) is 0 Å². The second kappa shape index (κ2) is 7.71. The van der Waals surface area contributed by atoms with E-state index in [0.717, 1.165) is 6.42 Å². The Morgan fingerprint density at radius 2 is 1.88 bits per heavy atom. The zero-order chi connectivity index (χ0) is 17.6. The molecule has 25 heavy (non-hydrogen) atoms. The molecule has 0 aliphatic carbocycles. The number of hydrogen-bond acceptors (Lipinski definition) is 5. The molecule has 2 heterocycles. The van der Waals surface area contributed by atoms with E-state index in [1.807, 2.05) is 17.5 Å². The first-order valence-corrected chi connectivity index (χ1v) is 8.62. The third kappa shape index (κ3) is 4.10. The van der Waals surface area contributed by atoms with Crippen molar-refractivity contribution in [2.45, 2.75) is 19.3 Å². The van der Waals surface area contributed by atoms with Crippen molar-refractivity contribution in [1.82, 2.24) is 21.0 Å². The molecule has 1 aromatic carbocycles. The first kappa shape index (κ1) is 16.8. The summed E-state index contributed by atoms with van der Waals surface area (Å²) in [5, 5.41) is 8.85. The highest BCUT2D eigenvalue weighted by molar-refractivity contribution is 7.09. The van der Waals surface area contributed by atoms with Gasteiger partial charge < -0.3 is 0 Å². The summed E-state index contributed by atoms with van der Waals surface area (Å²) in [6, 6.07) is 10.7. The molecule has 2 aromatic heterocycles. The van der Waals surface area contributed by atoms with Gasteiger partial charge >= 0.3 is 0 Å². The van der Waals surface area contributed by atoms with Gasteiger partial charge in [-0.15, -0.1) is 11.3 Å². The van der Waals surface area contributed by atoms with Gasteiger partial charge in [0, 0.05) is 16.7 Å². The Hall–Kier alpha value is -3.00. The molecule has 3 N–H and O–H groups in total. The summed E-state index contributed by atoms with van der Waals surface area (Å²) in [5.74, 6) is -0.863. The molecule has 8 heteroatoms. The van der Waals surface area contributed by atoms with Crippen LogP contribution >= 0.6 is 11.3 Å². The molecule has 0 unspecified atom stereocenters. The number of nitrogens with zero attached hydrogens (tertiary/aromatic N) is 1. The predicted octanol–water partition coefficient (Wildman–Crippen LogP) is 1.77. The normalized spacial score (nSPS) is 10.6. The first-order chi connectivity index (χ1) is 12.1. The fourth-order valence-electron chi connectivity index (χ4n) is 2.41. The largest absolute Gasteiger partial charge is 0.290 e. The van der Waals surface area contributed by atoms with Crippen molar-refractivity contribution in [3.8, 4) is 0 Å². The molecule has 3 aromatic rings. The van der Waals surface area contributed by atoms with Crippen LogP contribution in [-0.2, 0) is 11.2 Å². The van der Waals surface area contributed by atoms with Crippen LogP contribution in [0.5, 0.6) is 0 Å². The Labute approximate surface area is 147 Å². The van der Waals surface area contributed by atoms with Gasteiger partial charge in [-0.2, -0.15) is 5.10 Å². The maximum absolute atomic E-state index is 12.2. The van der Waals surface area contributed by atoms with Crippen molar-refractivity contribution in [1.29, 1.82) is 0 Å². The molecule has 128 valence electrons. The lowest BCUT2D eigenvalue weighted by Gasteiger charge is -2.08. The van der Waals surface area contributed by atoms with Gasteiger partial charge in [0.2, 0.25) is 5.91 Å². The van der Waals surface area contributed by atoms with Crippen LogP contribution in [0, 0.1) is 0 Å². The third-order valence-corrected chi connectivity index (χ3v) is 4.57. The van der Waals surface area contributed by atoms with Gasteiger partial charge in [-0.1, -0.05) is 24.3 Å². The Kier molecular flexibility index (Phi) is 5.20. The number of nitrogens with one attached hydrogen (secondary N) is 3. The maximum atomic E-state index is 12.2. The average molecular weight is 356 g/mol. The number of rotatable bonds is 5. The summed E-state index contributed by atoms with van der Waals surface area (Å²) in [5.41, 5.74) is 4.39. The third-order valence-electron chi connectivity index (χ3n) is 3.63. The van der Waals surface area contributed by atoms with Gasteiger partial charge in [0.05, 0.1) is 5.39 Å². The molecular weight excluding hydrogens is 340 g/mol. The predicted molar refractivity (Wildman–Crippen MR) is 95.2 cm³/mol. The fourth-order valence-corrected chi connectivity index (χ4v) is 3.17. The molecule has 7 nitrogen and oxygen atoms in total. The van der Waals surface area contributed by atoms with E-state index in [2.05, 4.69) is 21.0 Å². The monoisotopic (exact) mass is 356 g/mol. The van der Waals surface area contributed by atoms with Crippen LogP contribution in [0.4, 0.5) is 0 Å². The minimum atomic E-state index is -0.584. The topological polar surface area (TPSA) is 104 Å². The van der Waals surface area contributed by atoms with Crippen molar-refractivity contribution in [2.75, 3.05) is 0 Å². The molecule has 2 amide bonds. The van der Waals surface area contributed by atoms with E-state index >= 15 is 0 Å². The summed E-state index contributed by atoms with van der Waals surface area (Å²) in [4.78, 5) is 37.0. The molecule has 0 radical (unpaired) electrons. The highest BCUT2D eigenvalue weighted by atomic mass is 32.1. The average Bonchev–Trinajstić information content (AvgIpc) is 3.14. The van der Waals surface area contributed by atoms with Crippen molar-refractivity contribution in [3.63, 3.8) is 0 Å². The van der Waals surface area contributed by atoms with E-state index in [9.17, 15) is 14.4 Å². The number of H-pyrrole nitrogens is 1. The van der Waals surface area contributed by atoms with Gasteiger partial charge in [-0.05, 0) is 30.4 Å². The van der Waals surface area contributed by atoms with Crippen LogP contribution in [0.1, 0.15) is 28.2 Å². The highest BCUT2D eigenvalue weighted by Crippen LogP contribution is 2.12. The lowest BCUT2D eigenvalue weighted by molar-refractivity contribution is -0.121. The van der Waals surface area contributed by atoms with Crippen molar-refractivity contribution in [2.24, 2.45) is 0 Å². The van der Waals surface area contributed by atoms with Gasteiger partial charge in [0.15, 0.2) is 5.69 Å². The van der Waals surface area contributed by atoms with Gasteiger partial charge in [0.1, 0.15) is 0 Å². The van der Waals surface area contributed by atoms with Gasteiger partial charge in [0.25, 0.3) is 11.5 Å². The minimum absolute atomic E-state index is 0.0501. The molecule has 0 fully saturated rings. The first-order valence-electron chi connectivity index (χ1n) is 7.74. The van der Waals surface area contributed by atoms with Gasteiger partial charge in [-0.3, -0.25) is 25.2 Å². The molecular formula is C17H16N4O3S. The molecule has 0 aliphatic heterocycles. The van der Waals surface area contributed by atoms with Crippen LogP contribution in [0.25, 0.3) is 10.8 Å². The number of aromatic nitrogens is 2. The molecule has 0 saturated heterocycles. The summed E-state index contributed by atoms with van der Waals surface area (Å²) in [6.07, 6.45) is 1.82. The fraction of sp³-hybridized carbons (Fsp3) is 0.176. The number of hydrazine groups is 1. The number of amides is 2. The number of thiophene rings is 1. The zero-order valence-corrected chi connectivity index (χ0v) is 14.1. The number of hydrogen-bond donors (Lipinski definition) is 3. The Morgan fingerprint density at radius 1 is 1.08 bits per heavy atom. The van der Waals surface area contributed by atoms with Crippen LogP contribution in [-0.4, -0.2) is 22.0 Å². The maximum Gasteiger partial charge on any atom is 0.290 e. The summed E-state index contributed by atoms with van der Waals surface area (Å²) < 4.78 is 0. The molecule has 0 atom stereocenters. The van der Waals surface area contributed by atoms with Gasteiger partial charge in [-0.25, -0.2) is 5.10 Å². The SMILES string of the molecule is O=C(CCCc1cccs1)NNC(=O)c1n[nH]c(=O)c2ccccc12. The zero-order valence-electron chi connectivity index (χ0n) is 13.2. The quantitative estimate of drug-likeness (QED) is 0.606. The Balaban J connectivity index is 1.57. The molecule has 0 bridgehead atoms. The number of carbonyl (C=O) groups excluding carboxylic acids is 2. The summed E-state index contributed by atoms with van der Waals surface area (Å²) in [6.45, 7) is 0. The van der Waals surface area contributed by atoms with Crippen molar-refractivity contribution < 1.29 is 9.59 Å².